The maximum atomic E-state index is 12.6. The molecule has 0 aromatic rings. The molecule has 0 aromatic heterocycles. The molecule has 4 nitrogen and oxygen atoms in total. The Bertz CT molecular complexity index is 313. The van der Waals surface area contributed by atoms with E-state index in [4.69, 9.17) is 4.74 Å². The standard InChI is InChI=1S/C15H28N2O2/c1-5-13-16-14(10(2)3)15(18)17(13)11(4)12-6-8-19-9-7-12/h10-14,16H,5-9H2,1-4H3. The van der Waals surface area contributed by atoms with Crippen LogP contribution in [-0.2, 0) is 9.53 Å². The number of hydrogen-bond donors (Lipinski definition) is 1. The molecule has 2 saturated heterocycles. The van der Waals surface area contributed by atoms with E-state index in [0.717, 1.165) is 32.5 Å². The minimum Gasteiger partial charge on any atom is -0.381 e. The van der Waals surface area contributed by atoms with Gasteiger partial charge in [-0.1, -0.05) is 20.8 Å². The van der Waals surface area contributed by atoms with Gasteiger partial charge in [0.1, 0.15) is 0 Å². The first-order valence-electron chi connectivity index (χ1n) is 7.72. The molecule has 3 atom stereocenters. The number of nitrogens with one attached hydrogen (secondary N) is 1. The summed E-state index contributed by atoms with van der Waals surface area (Å²) in [4.78, 5) is 14.7. The van der Waals surface area contributed by atoms with Crippen molar-refractivity contribution in [2.24, 2.45) is 11.8 Å². The number of carbonyl (C=O) groups is 1. The van der Waals surface area contributed by atoms with Crippen LogP contribution in [0.15, 0.2) is 0 Å². The van der Waals surface area contributed by atoms with E-state index >= 15 is 0 Å². The molecule has 2 heterocycles. The van der Waals surface area contributed by atoms with Crippen LogP contribution in [0.1, 0.15) is 47.0 Å². The lowest BCUT2D eigenvalue weighted by Crippen LogP contribution is -2.47. The van der Waals surface area contributed by atoms with E-state index in [1.807, 2.05) is 0 Å². The van der Waals surface area contributed by atoms with Crippen LogP contribution in [0.2, 0.25) is 0 Å². The summed E-state index contributed by atoms with van der Waals surface area (Å²) in [5, 5.41) is 3.51. The maximum absolute atomic E-state index is 12.6. The summed E-state index contributed by atoms with van der Waals surface area (Å²) in [5.74, 6) is 1.23. The summed E-state index contributed by atoms with van der Waals surface area (Å²) in [6.45, 7) is 10.3. The first-order chi connectivity index (χ1) is 9.06. The highest BCUT2D eigenvalue weighted by Gasteiger charge is 2.43. The first kappa shape index (κ1) is 14.8. The van der Waals surface area contributed by atoms with Crippen molar-refractivity contribution in [2.75, 3.05) is 13.2 Å². The zero-order valence-electron chi connectivity index (χ0n) is 12.7. The highest BCUT2D eigenvalue weighted by Crippen LogP contribution is 2.28. The Balaban J connectivity index is 2.09. The van der Waals surface area contributed by atoms with Crippen LogP contribution in [0, 0.1) is 11.8 Å². The lowest BCUT2D eigenvalue weighted by Gasteiger charge is -2.37. The van der Waals surface area contributed by atoms with Crippen molar-refractivity contribution < 1.29 is 9.53 Å². The van der Waals surface area contributed by atoms with Gasteiger partial charge in [-0.15, -0.1) is 0 Å². The largest absolute Gasteiger partial charge is 0.381 e. The molecule has 19 heavy (non-hydrogen) atoms. The molecule has 3 unspecified atom stereocenters. The normalized spacial score (nSPS) is 31.2. The van der Waals surface area contributed by atoms with E-state index in [1.165, 1.54) is 0 Å². The van der Waals surface area contributed by atoms with Crippen molar-refractivity contribution in [3.05, 3.63) is 0 Å². The minimum absolute atomic E-state index is 0.00718. The van der Waals surface area contributed by atoms with E-state index in [9.17, 15) is 4.79 Å². The molecule has 2 aliphatic rings. The Morgan fingerprint density at radius 3 is 2.47 bits per heavy atom. The lowest BCUT2D eigenvalue weighted by molar-refractivity contribution is -0.134. The van der Waals surface area contributed by atoms with Crippen LogP contribution >= 0.6 is 0 Å². The number of amides is 1. The van der Waals surface area contributed by atoms with Gasteiger partial charge in [-0.2, -0.15) is 0 Å². The van der Waals surface area contributed by atoms with Crippen LogP contribution < -0.4 is 5.32 Å². The van der Waals surface area contributed by atoms with Gasteiger partial charge in [-0.3, -0.25) is 10.1 Å². The smallest absolute Gasteiger partial charge is 0.241 e. The van der Waals surface area contributed by atoms with Gasteiger partial charge < -0.3 is 9.64 Å². The Morgan fingerprint density at radius 1 is 1.32 bits per heavy atom. The third-order valence-electron chi connectivity index (χ3n) is 4.67. The highest BCUT2D eigenvalue weighted by atomic mass is 16.5. The molecule has 2 rings (SSSR count). The predicted molar refractivity (Wildman–Crippen MR) is 75.7 cm³/mol. The molecule has 1 amide bonds. The van der Waals surface area contributed by atoms with Crippen molar-refractivity contribution in [3.8, 4) is 0 Å². The molecule has 0 bridgehead atoms. The minimum atomic E-state index is -0.00718. The monoisotopic (exact) mass is 268 g/mol. The third-order valence-corrected chi connectivity index (χ3v) is 4.67. The lowest BCUT2D eigenvalue weighted by atomic mass is 9.91. The van der Waals surface area contributed by atoms with Gasteiger partial charge >= 0.3 is 0 Å². The number of carbonyl (C=O) groups excluding carboxylic acids is 1. The summed E-state index contributed by atoms with van der Waals surface area (Å²) in [7, 11) is 0. The van der Waals surface area contributed by atoms with Crippen molar-refractivity contribution in [1.82, 2.24) is 10.2 Å². The Kier molecular flexibility index (Phi) is 4.85. The van der Waals surface area contributed by atoms with E-state index in [-0.39, 0.29) is 12.2 Å². The van der Waals surface area contributed by atoms with Crippen molar-refractivity contribution >= 4 is 5.91 Å². The van der Waals surface area contributed by atoms with Crippen molar-refractivity contribution in [1.29, 1.82) is 0 Å². The van der Waals surface area contributed by atoms with Crippen LogP contribution in [0.25, 0.3) is 0 Å². The molecule has 2 fully saturated rings. The van der Waals surface area contributed by atoms with Crippen LogP contribution in [-0.4, -0.2) is 42.3 Å². The molecule has 4 heteroatoms. The van der Waals surface area contributed by atoms with Gasteiger partial charge in [-0.05, 0) is 38.0 Å². The fourth-order valence-electron chi connectivity index (χ4n) is 3.38. The van der Waals surface area contributed by atoms with E-state index in [0.29, 0.717) is 23.8 Å². The third kappa shape index (κ3) is 2.95. The van der Waals surface area contributed by atoms with Crippen molar-refractivity contribution in [2.45, 2.75) is 65.2 Å². The Labute approximate surface area is 116 Å². The van der Waals surface area contributed by atoms with E-state index < -0.39 is 0 Å². The fraction of sp³-hybridized carbons (Fsp3) is 0.933. The molecule has 110 valence electrons. The average molecular weight is 268 g/mol. The molecule has 0 spiro atoms. The van der Waals surface area contributed by atoms with Gasteiger partial charge in [0.2, 0.25) is 5.91 Å². The maximum Gasteiger partial charge on any atom is 0.241 e. The zero-order chi connectivity index (χ0) is 14.0. The van der Waals surface area contributed by atoms with E-state index in [1.54, 1.807) is 0 Å². The Hall–Kier alpha value is -0.610. The van der Waals surface area contributed by atoms with Crippen LogP contribution in [0.3, 0.4) is 0 Å². The zero-order valence-corrected chi connectivity index (χ0v) is 12.7. The van der Waals surface area contributed by atoms with Crippen LogP contribution in [0.5, 0.6) is 0 Å². The molecule has 0 aliphatic carbocycles. The van der Waals surface area contributed by atoms with Gasteiger partial charge in [-0.25, -0.2) is 0 Å². The van der Waals surface area contributed by atoms with Gasteiger partial charge in [0, 0.05) is 19.3 Å². The summed E-state index contributed by atoms with van der Waals surface area (Å²) in [6, 6.07) is 0.310. The van der Waals surface area contributed by atoms with Gasteiger partial charge in [0.05, 0.1) is 12.2 Å². The SMILES string of the molecule is CCC1NC(C(C)C)C(=O)N1C(C)C1CCOCC1. The number of rotatable bonds is 4. The second-order valence-electron chi connectivity index (χ2n) is 6.25. The summed E-state index contributed by atoms with van der Waals surface area (Å²) in [6.07, 6.45) is 3.34. The summed E-state index contributed by atoms with van der Waals surface area (Å²) < 4.78 is 5.43. The topological polar surface area (TPSA) is 41.6 Å². The molecular formula is C15H28N2O2. The van der Waals surface area contributed by atoms with Crippen molar-refractivity contribution in [3.63, 3.8) is 0 Å². The first-order valence-corrected chi connectivity index (χ1v) is 7.72. The molecule has 0 saturated carbocycles. The molecule has 0 aromatic carbocycles. The molecular weight excluding hydrogens is 240 g/mol. The Morgan fingerprint density at radius 2 is 1.95 bits per heavy atom. The van der Waals surface area contributed by atoms with Crippen LogP contribution in [0.4, 0.5) is 0 Å². The average Bonchev–Trinajstić information content (AvgIpc) is 2.76. The second-order valence-corrected chi connectivity index (χ2v) is 6.25. The second kappa shape index (κ2) is 6.23. The summed E-state index contributed by atoms with van der Waals surface area (Å²) in [5.41, 5.74) is 0. The summed E-state index contributed by atoms with van der Waals surface area (Å²) >= 11 is 0. The number of ether oxygens (including phenoxy) is 1. The molecule has 2 aliphatic heterocycles. The quantitative estimate of drug-likeness (QED) is 0.848. The van der Waals surface area contributed by atoms with Gasteiger partial charge in [0.25, 0.3) is 0 Å². The van der Waals surface area contributed by atoms with E-state index in [2.05, 4.69) is 37.9 Å². The fourth-order valence-corrected chi connectivity index (χ4v) is 3.38. The number of nitrogens with zero attached hydrogens (tertiary/aromatic N) is 1. The number of hydrogen-bond acceptors (Lipinski definition) is 3. The highest BCUT2D eigenvalue weighted by molar-refractivity contribution is 5.84. The molecule has 1 N–H and O–H groups in total. The predicted octanol–water partition coefficient (Wildman–Crippen LogP) is 1.99. The molecule has 0 radical (unpaired) electrons. The van der Waals surface area contributed by atoms with Gasteiger partial charge in [0.15, 0.2) is 0 Å².